The van der Waals surface area contributed by atoms with Crippen molar-refractivity contribution in [1.82, 2.24) is 0 Å². The van der Waals surface area contributed by atoms with E-state index in [4.69, 9.17) is 4.74 Å². The molecule has 1 aromatic rings. The van der Waals surface area contributed by atoms with Crippen LogP contribution in [0.25, 0.3) is 0 Å². The van der Waals surface area contributed by atoms with Gasteiger partial charge in [0.1, 0.15) is 6.10 Å². The Bertz CT molecular complexity index is 452. The van der Waals surface area contributed by atoms with Crippen LogP contribution in [0.15, 0.2) is 41.8 Å². The molecule has 0 saturated carbocycles. The summed E-state index contributed by atoms with van der Waals surface area (Å²) in [5.41, 5.74) is 1.17. The summed E-state index contributed by atoms with van der Waals surface area (Å²) in [5, 5.41) is 0. The van der Waals surface area contributed by atoms with E-state index in [0.717, 1.165) is 24.2 Å². The smallest absolute Gasteiger partial charge is 0.191 e. The largest absolute Gasteiger partial charge is 0.347 e. The van der Waals surface area contributed by atoms with Gasteiger partial charge in [-0.15, -0.1) is 0 Å². The van der Waals surface area contributed by atoms with Gasteiger partial charge in [0.05, 0.1) is 10.8 Å². The maximum Gasteiger partial charge on any atom is 0.191 e. The first-order valence-corrected chi connectivity index (χ1v) is 7.59. The number of unbranched alkanes of at least 4 members (excludes halogenated alkanes) is 1. The third kappa shape index (κ3) is 2.43. The highest BCUT2D eigenvalue weighted by atomic mass is 32.2. The maximum absolute atomic E-state index is 12.6. The van der Waals surface area contributed by atoms with Crippen LogP contribution >= 0.6 is 0 Å². The monoisotopic (exact) mass is 264 g/mol. The molecular weight excluding hydrogens is 244 g/mol. The minimum absolute atomic E-state index is 0.0667. The van der Waals surface area contributed by atoms with Crippen LogP contribution in [0.1, 0.15) is 31.7 Å². The lowest BCUT2D eigenvalue weighted by Crippen LogP contribution is -2.19. The Morgan fingerprint density at radius 3 is 2.67 bits per heavy atom. The number of benzene rings is 1. The molecule has 1 aromatic carbocycles. The van der Waals surface area contributed by atoms with Gasteiger partial charge in [-0.3, -0.25) is 4.21 Å². The van der Waals surface area contributed by atoms with Gasteiger partial charge in [0.2, 0.25) is 0 Å². The summed E-state index contributed by atoms with van der Waals surface area (Å²) < 4.78 is 18.2. The highest BCUT2D eigenvalue weighted by molar-refractivity contribution is 7.86. The van der Waals surface area contributed by atoms with Gasteiger partial charge < -0.3 is 4.74 Å². The molecule has 0 N–H and O–H groups in total. The van der Waals surface area contributed by atoms with E-state index in [1.807, 2.05) is 31.2 Å². The van der Waals surface area contributed by atoms with E-state index in [2.05, 4.69) is 13.5 Å². The number of aryl methyl sites for hydroxylation is 1. The van der Waals surface area contributed by atoms with E-state index in [-0.39, 0.29) is 6.10 Å². The molecule has 98 valence electrons. The van der Waals surface area contributed by atoms with Crippen molar-refractivity contribution in [3.8, 4) is 0 Å². The second-order valence-electron chi connectivity index (χ2n) is 4.76. The number of ether oxygens (including phenoxy) is 1. The quantitative estimate of drug-likeness (QED) is 0.580. The molecule has 0 amide bonds. The van der Waals surface area contributed by atoms with Gasteiger partial charge in [-0.25, -0.2) is 0 Å². The van der Waals surface area contributed by atoms with Gasteiger partial charge in [-0.05, 0) is 31.6 Å². The zero-order chi connectivity index (χ0) is 13.2. The highest BCUT2D eigenvalue weighted by Gasteiger charge is 2.58. The van der Waals surface area contributed by atoms with Crippen LogP contribution in [-0.2, 0) is 15.5 Å². The van der Waals surface area contributed by atoms with Crippen molar-refractivity contribution >= 4 is 10.8 Å². The molecule has 0 aliphatic carbocycles. The highest BCUT2D eigenvalue weighted by Crippen LogP contribution is 2.46. The van der Waals surface area contributed by atoms with Gasteiger partial charge in [0.25, 0.3) is 0 Å². The topological polar surface area (TPSA) is 29.6 Å². The van der Waals surface area contributed by atoms with E-state index < -0.39 is 15.7 Å². The van der Waals surface area contributed by atoms with Crippen LogP contribution in [0.3, 0.4) is 0 Å². The third-order valence-corrected chi connectivity index (χ3v) is 5.15. The maximum atomic E-state index is 12.6. The van der Waals surface area contributed by atoms with E-state index in [0.29, 0.717) is 0 Å². The normalized spacial score (nSPS) is 27.8. The Balaban J connectivity index is 2.12. The molecule has 0 bridgehead atoms. The Kier molecular flexibility index (Phi) is 4.03. The number of epoxide rings is 1. The van der Waals surface area contributed by atoms with Crippen LogP contribution in [0.2, 0.25) is 0 Å². The molecule has 3 atom stereocenters. The molecule has 1 aliphatic heterocycles. The molecule has 1 fully saturated rings. The van der Waals surface area contributed by atoms with Gasteiger partial charge in [0.15, 0.2) is 4.93 Å². The zero-order valence-corrected chi connectivity index (χ0v) is 11.8. The van der Waals surface area contributed by atoms with Crippen molar-refractivity contribution in [1.29, 1.82) is 0 Å². The lowest BCUT2D eigenvalue weighted by Gasteiger charge is -2.08. The molecule has 0 radical (unpaired) electrons. The van der Waals surface area contributed by atoms with Gasteiger partial charge in [-0.1, -0.05) is 44.0 Å². The first kappa shape index (κ1) is 13.5. The molecule has 0 aromatic heterocycles. The second-order valence-corrected chi connectivity index (χ2v) is 6.40. The molecular formula is C15H20O2S. The van der Waals surface area contributed by atoms with Crippen LogP contribution in [0.5, 0.6) is 0 Å². The first-order valence-electron chi connectivity index (χ1n) is 6.44. The molecule has 2 nitrogen and oxygen atoms in total. The summed E-state index contributed by atoms with van der Waals surface area (Å²) in [6, 6.07) is 7.78. The summed E-state index contributed by atoms with van der Waals surface area (Å²) in [6.45, 7) is 7.97. The molecule has 0 unspecified atom stereocenters. The summed E-state index contributed by atoms with van der Waals surface area (Å²) in [4.78, 5) is 0.171. The van der Waals surface area contributed by atoms with Crippen molar-refractivity contribution in [2.75, 3.05) is 0 Å². The summed E-state index contributed by atoms with van der Waals surface area (Å²) in [5.74, 6) is 0. The lowest BCUT2D eigenvalue weighted by atomic mass is 10.1. The summed E-state index contributed by atoms with van der Waals surface area (Å²) in [6.07, 6.45) is 4.97. The molecule has 2 rings (SSSR count). The Morgan fingerprint density at radius 2 is 2.11 bits per heavy atom. The van der Waals surface area contributed by atoms with E-state index in [1.165, 1.54) is 5.56 Å². The van der Waals surface area contributed by atoms with Crippen molar-refractivity contribution in [3.05, 3.63) is 42.5 Å². The Labute approximate surface area is 112 Å². The minimum Gasteiger partial charge on any atom is -0.347 e. The van der Waals surface area contributed by atoms with Crippen molar-refractivity contribution < 1.29 is 8.95 Å². The fourth-order valence-corrected chi connectivity index (χ4v) is 3.57. The standard InChI is InChI=1S/C15H20O2S/c1-4-6-7-14-15(5-2,17-14)18(16)13-10-8-12(3)9-11-13/h5,8-11,14H,2,4,6-7H2,1,3H3/t14-,15-,18-/m0/s1. The molecule has 0 spiro atoms. The second kappa shape index (κ2) is 5.37. The van der Waals surface area contributed by atoms with E-state index in [9.17, 15) is 4.21 Å². The summed E-state index contributed by atoms with van der Waals surface area (Å²) in [7, 11) is -1.16. The van der Waals surface area contributed by atoms with Crippen LogP contribution in [0.4, 0.5) is 0 Å². The fraction of sp³-hybridized carbons (Fsp3) is 0.467. The average molecular weight is 264 g/mol. The average Bonchev–Trinajstić information content (AvgIpc) is 3.11. The Hall–Kier alpha value is -0.930. The predicted octanol–water partition coefficient (Wildman–Crippen LogP) is 3.57. The fourth-order valence-electron chi connectivity index (χ4n) is 2.10. The number of rotatable bonds is 6. The molecule has 18 heavy (non-hydrogen) atoms. The summed E-state index contributed by atoms with van der Waals surface area (Å²) >= 11 is 0. The van der Waals surface area contributed by atoms with E-state index in [1.54, 1.807) is 6.08 Å². The third-order valence-electron chi connectivity index (χ3n) is 3.35. The number of hydrogen-bond acceptors (Lipinski definition) is 2. The SMILES string of the molecule is C=C[C@@]1([S@@](=O)c2ccc(C)cc2)O[C@H]1CCCC. The molecule has 1 saturated heterocycles. The molecule has 1 heterocycles. The molecule has 3 heteroatoms. The molecule has 1 aliphatic rings. The van der Waals surface area contributed by atoms with Crippen LogP contribution in [-0.4, -0.2) is 15.2 Å². The van der Waals surface area contributed by atoms with Gasteiger partial charge >= 0.3 is 0 Å². The lowest BCUT2D eigenvalue weighted by molar-refractivity contribution is 0.362. The van der Waals surface area contributed by atoms with Crippen LogP contribution in [0, 0.1) is 6.92 Å². The predicted molar refractivity (Wildman–Crippen MR) is 74.9 cm³/mol. The first-order chi connectivity index (χ1) is 8.64. The minimum atomic E-state index is -1.16. The Morgan fingerprint density at radius 1 is 1.44 bits per heavy atom. The van der Waals surface area contributed by atoms with Gasteiger partial charge in [0, 0.05) is 4.90 Å². The van der Waals surface area contributed by atoms with E-state index >= 15 is 0 Å². The van der Waals surface area contributed by atoms with Crippen LogP contribution < -0.4 is 0 Å². The number of hydrogen-bond donors (Lipinski definition) is 0. The van der Waals surface area contributed by atoms with Crippen molar-refractivity contribution in [3.63, 3.8) is 0 Å². The van der Waals surface area contributed by atoms with Gasteiger partial charge in [-0.2, -0.15) is 0 Å². The van der Waals surface area contributed by atoms with Crippen molar-refractivity contribution in [2.45, 2.75) is 49.0 Å². The van der Waals surface area contributed by atoms with Crippen molar-refractivity contribution in [2.24, 2.45) is 0 Å². The zero-order valence-electron chi connectivity index (χ0n) is 11.0.